The molecule has 3 heteroatoms. The highest BCUT2D eigenvalue weighted by Crippen LogP contribution is 2.30. The highest BCUT2D eigenvalue weighted by molar-refractivity contribution is 5.43. The molecule has 0 saturated heterocycles. The van der Waals surface area contributed by atoms with Crippen LogP contribution in [0.15, 0.2) is 30.3 Å². The summed E-state index contributed by atoms with van der Waals surface area (Å²) in [7, 11) is 0. The summed E-state index contributed by atoms with van der Waals surface area (Å²) in [5.74, 6) is -0.488. The highest BCUT2D eigenvalue weighted by atomic mass is 19.1. The van der Waals surface area contributed by atoms with Crippen molar-refractivity contribution in [2.45, 2.75) is 33.7 Å². The number of nitrogens with one attached hydrogen (secondary N) is 1. The fourth-order valence-electron chi connectivity index (χ4n) is 2.82. The van der Waals surface area contributed by atoms with Crippen LogP contribution in [-0.2, 0) is 0 Å². The summed E-state index contributed by atoms with van der Waals surface area (Å²) < 4.78 is 27.8. The Morgan fingerprint density at radius 2 is 1.62 bits per heavy atom. The zero-order valence-electron chi connectivity index (χ0n) is 12.9. The molecule has 0 heterocycles. The van der Waals surface area contributed by atoms with Crippen molar-refractivity contribution < 1.29 is 8.78 Å². The van der Waals surface area contributed by atoms with Gasteiger partial charge in [-0.25, -0.2) is 8.78 Å². The molecule has 0 radical (unpaired) electrons. The van der Waals surface area contributed by atoms with E-state index < -0.39 is 0 Å². The average molecular weight is 289 g/mol. The van der Waals surface area contributed by atoms with E-state index in [-0.39, 0.29) is 17.7 Å². The van der Waals surface area contributed by atoms with E-state index in [9.17, 15) is 8.78 Å². The SMILES string of the molecule is CCNC(c1ccc(C)cc1F)c1c(C)cc(F)cc1C. The van der Waals surface area contributed by atoms with Gasteiger partial charge < -0.3 is 5.32 Å². The third kappa shape index (κ3) is 3.30. The first kappa shape index (κ1) is 15.6. The molecular weight excluding hydrogens is 268 g/mol. The Bertz CT molecular complexity index is 627. The molecule has 0 bridgehead atoms. The molecule has 0 fully saturated rings. The molecule has 0 aliphatic rings. The Hall–Kier alpha value is -1.74. The number of hydrogen-bond donors (Lipinski definition) is 1. The minimum Gasteiger partial charge on any atom is -0.306 e. The number of hydrogen-bond acceptors (Lipinski definition) is 1. The Morgan fingerprint density at radius 1 is 1.00 bits per heavy atom. The number of halogens is 2. The van der Waals surface area contributed by atoms with Crippen LogP contribution in [0.1, 0.15) is 40.8 Å². The summed E-state index contributed by atoms with van der Waals surface area (Å²) in [6, 6.07) is 7.97. The molecule has 1 atom stereocenters. The zero-order chi connectivity index (χ0) is 15.6. The molecule has 1 nitrogen and oxygen atoms in total. The monoisotopic (exact) mass is 289 g/mol. The highest BCUT2D eigenvalue weighted by Gasteiger charge is 2.21. The molecule has 21 heavy (non-hydrogen) atoms. The summed E-state index contributed by atoms with van der Waals surface area (Å²) in [6.07, 6.45) is 0. The van der Waals surface area contributed by atoms with Gasteiger partial charge in [-0.05, 0) is 67.8 Å². The predicted molar refractivity (Wildman–Crippen MR) is 82.5 cm³/mol. The minimum atomic E-state index is -0.267. The van der Waals surface area contributed by atoms with Gasteiger partial charge in [0.2, 0.25) is 0 Å². The first-order valence-electron chi connectivity index (χ1n) is 7.20. The smallest absolute Gasteiger partial charge is 0.128 e. The molecule has 1 N–H and O–H groups in total. The standard InChI is InChI=1S/C18H21F2N/c1-5-21-18(15-7-6-11(2)8-16(15)20)17-12(3)9-14(19)10-13(17)4/h6-10,18,21H,5H2,1-4H3. The van der Waals surface area contributed by atoms with Crippen molar-refractivity contribution in [3.63, 3.8) is 0 Å². The Morgan fingerprint density at radius 3 is 2.14 bits per heavy atom. The van der Waals surface area contributed by atoms with E-state index in [0.717, 1.165) is 22.3 Å². The molecule has 0 aliphatic carbocycles. The summed E-state index contributed by atoms with van der Waals surface area (Å²) in [4.78, 5) is 0. The molecule has 0 amide bonds. The van der Waals surface area contributed by atoms with Crippen LogP contribution >= 0.6 is 0 Å². The second-order valence-corrected chi connectivity index (χ2v) is 5.47. The lowest BCUT2D eigenvalue weighted by atomic mass is 9.90. The van der Waals surface area contributed by atoms with Gasteiger partial charge in [-0.3, -0.25) is 0 Å². The van der Waals surface area contributed by atoms with Crippen molar-refractivity contribution in [3.8, 4) is 0 Å². The van der Waals surface area contributed by atoms with Crippen LogP contribution < -0.4 is 5.32 Å². The molecule has 0 saturated carbocycles. The summed E-state index contributed by atoms with van der Waals surface area (Å²) in [5, 5.41) is 3.31. The largest absolute Gasteiger partial charge is 0.306 e. The van der Waals surface area contributed by atoms with E-state index in [0.29, 0.717) is 12.1 Å². The Kier molecular flexibility index (Phi) is 4.73. The van der Waals surface area contributed by atoms with Gasteiger partial charge in [0.25, 0.3) is 0 Å². The molecule has 112 valence electrons. The normalized spacial score (nSPS) is 12.5. The van der Waals surface area contributed by atoms with E-state index in [2.05, 4.69) is 5.32 Å². The van der Waals surface area contributed by atoms with Crippen LogP contribution in [0, 0.1) is 32.4 Å². The van der Waals surface area contributed by atoms with Crippen molar-refractivity contribution in [1.82, 2.24) is 5.32 Å². The zero-order valence-corrected chi connectivity index (χ0v) is 12.9. The van der Waals surface area contributed by atoms with Gasteiger partial charge in [-0.2, -0.15) is 0 Å². The first-order valence-corrected chi connectivity index (χ1v) is 7.20. The molecule has 0 spiro atoms. The molecule has 1 unspecified atom stereocenters. The fraction of sp³-hybridized carbons (Fsp3) is 0.333. The summed E-state index contributed by atoms with van der Waals surface area (Å²) >= 11 is 0. The maximum Gasteiger partial charge on any atom is 0.128 e. The Balaban J connectivity index is 2.59. The third-order valence-corrected chi connectivity index (χ3v) is 3.72. The van der Waals surface area contributed by atoms with E-state index in [1.165, 1.54) is 18.2 Å². The molecule has 2 aromatic carbocycles. The molecule has 0 aromatic heterocycles. The number of benzene rings is 2. The van der Waals surface area contributed by atoms with E-state index in [1.54, 1.807) is 6.07 Å². The fourth-order valence-corrected chi connectivity index (χ4v) is 2.82. The summed E-state index contributed by atoms with van der Waals surface area (Å²) in [5.41, 5.74) is 4.09. The lowest BCUT2D eigenvalue weighted by molar-refractivity contribution is 0.553. The lowest BCUT2D eigenvalue weighted by Crippen LogP contribution is -2.24. The van der Waals surface area contributed by atoms with Gasteiger partial charge in [0, 0.05) is 5.56 Å². The molecule has 2 rings (SSSR count). The van der Waals surface area contributed by atoms with Crippen LogP contribution in [0.5, 0.6) is 0 Å². The first-order chi connectivity index (χ1) is 9.93. The van der Waals surface area contributed by atoms with Gasteiger partial charge in [-0.1, -0.05) is 19.1 Å². The van der Waals surface area contributed by atoms with Crippen molar-refractivity contribution in [2.24, 2.45) is 0 Å². The number of rotatable bonds is 4. The number of aryl methyl sites for hydroxylation is 3. The topological polar surface area (TPSA) is 12.0 Å². The van der Waals surface area contributed by atoms with Crippen LogP contribution in [0.4, 0.5) is 8.78 Å². The van der Waals surface area contributed by atoms with Gasteiger partial charge in [-0.15, -0.1) is 0 Å². The average Bonchev–Trinajstić information content (AvgIpc) is 2.37. The van der Waals surface area contributed by atoms with E-state index >= 15 is 0 Å². The quantitative estimate of drug-likeness (QED) is 0.868. The Labute approximate surface area is 125 Å². The molecule has 2 aromatic rings. The van der Waals surface area contributed by atoms with Crippen LogP contribution in [-0.4, -0.2) is 6.54 Å². The van der Waals surface area contributed by atoms with Gasteiger partial charge in [0.1, 0.15) is 11.6 Å². The molecular formula is C18H21F2N. The van der Waals surface area contributed by atoms with Gasteiger partial charge >= 0.3 is 0 Å². The second kappa shape index (κ2) is 6.35. The van der Waals surface area contributed by atoms with Crippen molar-refractivity contribution in [1.29, 1.82) is 0 Å². The van der Waals surface area contributed by atoms with Crippen LogP contribution in [0.25, 0.3) is 0 Å². The molecule has 0 aliphatic heterocycles. The second-order valence-electron chi connectivity index (χ2n) is 5.47. The minimum absolute atomic E-state index is 0.232. The maximum absolute atomic E-state index is 14.3. The van der Waals surface area contributed by atoms with Crippen molar-refractivity contribution in [3.05, 3.63) is 69.8 Å². The van der Waals surface area contributed by atoms with E-state index in [1.807, 2.05) is 33.8 Å². The lowest BCUT2D eigenvalue weighted by Gasteiger charge is -2.24. The third-order valence-electron chi connectivity index (χ3n) is 3.72. The maximum atomic E-state index is 14.3. The van der Waals surface area contributed by atoms with Gasteiger partial charge in [0.05, 0.1) is 6.04 Å². The van der Waals surface area contributed by atoms with Gasteiger partial charge in [0.15, 0.2) is 0 Å². The van der Waals surface area contributed by atoms with E-state index in [4.69, 9.17) is 0 Å². The van der Waals surface area contributed by atoms with Crippen LogP contribution in [0.2, 0.25) is 0 Å². The van der Waals surface area contributed by atoms with Crippen molar-refractivity contribution in [2.75, 3.05) is 6.54 Å². The predicted octanol–water partition coefficient (Wildman–Crippen LogP) is 4.59. The summed E-state index contributed by atoms with van der Waals surface area (Å²) in [6.45, 7) is 8.27. The van der Waals surface area contributed by atoms with Crippen molar-refractivity contribution >= 4 is 0 Å². The van der Waals surface area contributed by atoms with Crippen LogP contribution in [0.3, 0.4) is 0 Å².